The molecule has 0 aromatic carbocycles. The number of aromatic nitrogens is 4. The maximum Gasteiger partial charge on any atom is 0.361 e. The number of ether oxygens (including phenoxy) is 1. The number of thiol groups is 1. The van der Waals surface area contributed by atoms with E-state index in [2.05, 4.69) is 47.6 Å². The lowest BCUT2D eigenvalue weighted by Crippen LogP contribution is -2.63. The Balaban J connectivity index is 1.25. The molecule has 42 heavy (non-hydrogen) atoms. The van der Waals surface area contributed by atoms with Crippen LogP contribution in [-0.4, -0.2) is 47.6 Å². The predicted octanol–water partition coefficient (Wildman–Crippen LogP) is 4.85. The minimum absolute atomic E-state index is 0.00574. The van der Waals surface area contributed by atoms with Crippen LogP contribution in [0.4, 0.5) is 4.39 Å². The number of allylic oxidation sites excluding steroid dienone is 1. The highest BCUT2D eigenvalue weighted by atomic mass is 32.1. The molecule has 0 aliphatic heterocycles. The summed E-state index contributed by atoms with van der Waals surface area (Å²) >= 11 is 4.26. The summed E-state index contributed by atoms with van der Waals surface area (Å²) in [6.45, 7) is 6.45. The minimum Gasteiger partial charge on any atom is -0.451 e. The Labute approximate surface area is 248 Å². The molecule has 0 saturated heterocycles. The molecule has 0 amide bonds. The number of carbonyl (C=O) groups excluding carboxylic acids is 2. The van der Waals surface area contributed by atoms with Crippen molar-refractivity contribution in [3.8, 4) is 5.69 Å². The molecule has 3 aromatic rings. The highest BCUT2D eigenvalue weighted by molar-refractivity contribution is 7.96. The van der Waals surface area contributed by atoms with E-state index in [4.69, 9.17) is 9.15 Å². The van der Waals surface area contributed by atoms with E-state index >= 15 is 0 Å². The van der Waals surface area contributed by atoms with E-state index in [0.717, 1.165) is 24.1 Å². The van der Waals surface area contributed by atoms with Gasteiger partial charge in [0.1, 0.15) is 6.26 Å². The molecule has 9 nitrogen and oxygen atoms in total. The van der Waals surface area contributed by atoms with Gasteiger partial charge in [-0.05, 0) is 85.0 Å². The van der Waals surface area contributed by atoms with Crippen LogP contribution in [0.3, 0.4) is 0 Å². The second-order valence-electron chi connectivity index (χ2n) is 13.1. The Morgan fingerprint density at radius 1 is 1.24 bits per heavy atom. The fourth-order valence-electron chi connectivity index (χ4n) is 9.40. The summed E-state index contributed by atoms with van der Waals surface area (Å²) in [6, 6.07) is 2.99. The zero-order valence-electron chi connectivity index (χ0n) is 23.7. The number of hydrogen-bond acceptors (Lipinski definition) is 8. The van der Waals surface area contributed by atoms with Crippen LogP contribution in [0.5, 0.6) is 0 Å². The third-order valence-electron chi connectivity index (χ3n) is 11.1. The van der Waals surface area contributed by atoms with Crippen molar-refractivity contribution >= 4 is 29.8 Å². The number of fused-ring (bicyclic) bond motifs is 6. The van der Waals surface area contributed by atoms with Crippen LogP contribution in [0, 0.1) is 40.4 Å². The van der Waals surface area contributed by atoms with Gasteiger partial charge in [-0.1, -0.05) is 26.3 Å². The van der Waals surface area contributed by atoms with Gasteiger partial charge >= 0.3 is 5.97 Å². The van der Waals surface area contributed by atoms with Gasteiger partial charge in [0.25, 0.3) is 0 Å². The Morgan fingerprint density at radius 3 is 2.74 bits per heavy atom. The van der Waals surface area contributed by atoms with Gasteiger partial charge in [0.05, 0.1) is 29.9 Å². The Kier molecular flexibility index (Phi) is 6.12. The molecule has 3 saturated carbocycles. The molecular weight excluding hydrogens is 559 g/mol. The zero-order valence-corrected chi connectivity index (χ0v) is 24.6. The monoisotopic (exact) mass is 592 g/mol. The number of aliphatic hydroxyl groups excluding tert-OH is 1. The molecule has 3 heterocycles. The number of nitrogens with zero attached hydrogens (tertiary/aromatic N) is 4. The van der Waals surface area contributed by atoms with Crippen LogP contribution in [0.25, 0.3) is 11.8 Å². The standard InChI is InChI=1S/C31H33FN4O5S/c1-16-8-19-20-6-7-31(28(39)42,41-27(38)22-14-40-15-34-22)30(20,3)11-24(37)26(19)29(2)10-17-12-35-36(23(17)9-21(16)29)18-4-5-25(32)33-13-18/h4-5,9,12-16,19-20,24,26,37H,6-8,10-11H2,1-3H3,(H,39,42)/t16-,19-,20-,24-,26+,29-,30-,31-/m0/s1. The van der Waals surface area contributed by atoms with Crippen LogP contribution in [-0.2, 0) is 16.0 Å². The van der Waals surface area contributed by atoms with E-state index in [1.807, 2.05) is 13.1 Å². The highest BCUT2D eigenvalue weighted by Gasteiger charge is 2.70. The van der Waals surface area contributed by atoms with Gasteiger partial charge in [-0.2, -0.15) is 9.49 Å². The number of rotatable bonds is 4. The van der Waals surface area contributed by atoms with Crippen LogP contribution >= 0.6 is 12.6 Å². The van der Waals surface area contributed by atoms with E-state index in [1.165, 1.54) is 24.1 Å². The van der Waals surface area contributed by atoms with E-state index in [0.29, 0.717) is 31.4 Å². The first-order chi connectivity index (χ1) is 20.0. The number of esters is 1. The maximum atomic E-state index is 13.5. The molecule has 1 N–H and O–H groups in total. The Morgan fingerprint density at radius 2 is 2.05 bits per heavy atom. The number of aliphatic hydroxyl groups is 1. The SMILES string of the molecule is C[C@H]1C[C@@H]2[C@H]([C@@H](O)C[C@@]3(C)[C@H]2CC[C@]3(OC(=O)c2cocn2)C(=O)S)[C@@]2(C)Cc3cnn(-c4ccc(F)nc4)c3C=C12. The fraction of sp³-hybridized carbons (Fsp3) is 0.516. The summed E-state index contributed by atoms with van der Waals surface area (Å²) in [4.78, 5) is 34.0. The predicted molar refractivity (Wildman–Crippen MR) is 152 cm³/mol. The first-order valence-electron chi connectivity index (χ1n) is 14.4. The minimum atomic E-state index is -1.48. The lowest BCUT2D eigenvalue weighted by Gasteiger charge is -2.61. The summed E-state index contributed by atoms with van der Waals surface area (Å²) in [6.07, 6.45) is 10.0. The first-order valence-corrected chi connectivity index (χ1v) is 14.9. The molecule has 8 atom stereocenters. The van der Waals surface area contributed by atoms with E-state index in [9.17, 15) is 19.1 Å². The summed E-state index contributed by atoms with van der Waals surface area (Å²) in [5.41, 5.74) is 1.35. The van der Waals surface area contributed by atoms with Crippen molar-refractivity contribution in [2.45, 2.75) is 64.6 Å². The molecule has 0 bridgehead atoms. The molecule has 4 aliphatic rings. The number of pyridine rings is 1. The Bertz CT molecular complexity index is 1610. The van der Waals surface area contributed by atoms with Gasteiger partial charge in [0, 0.05) is 5.41 Å². The number of oxazole rings is 1. The molecule has 4 aliphatic carbocycles. The summed E-state index contributed by atoms with van der Waals surface area (Å²) in [5, 5.41) is 16.1. The van der Waals surface area contributed by atoms with Gasteiger partial charge < -0.3 is 14.3 Å². The molecule has 11 heteroatoms. The van der Waals surface area contributed by atoms with Crippen molar-refractivity contribution in [3.63, 3.8) is 0 Å². The van der Waals surface area contributed by atoms with Crippen LogP contribution in [0.2, 0.25) is 0 Å². The molecule has 0 radical (unpaired) electrons. The lowest BCUT2D eigenvalue weighted by atomic mass is 9.44. The summed E-state index contributed by atoms with van der Waals surface area (Å²) in [7, 11) is 0. The summed E-state index contributed by atoms with van der Waals surface area (Å²) < 4.78 is 26.3. The van der Waals surface area contributed by atoms with Crippen LogP contribution < -0.4 is 0 Å². The van der Waals surface area contributed by atoms with Gasteiger partial charge in [0.2, 0.25) is 11.1 Å². The van der Waals surface area contributed by atoms with Gasteiger partial charge in [-0.25, -0.2) is 19.4 Å². The molecular formula is C31H33FN4O5S. The lowest BCUT2D eigenvalue weighted by molar-refractivity contribution is -0.177. The molecule has 3 fully saturated rings. The summed E-state index contributed by atoms with van der Waals surface area (Å²) in [5.74, 6) is -0.977. The third kappa shape index (κ3) is 3.68. The highest BCUT2D eigenvalue weighted by Crippen LogP contribution is 2.69. The molecule has 0 spiro atoms. The molecule has 220 valence electrons. The van der Waals surface area contributed by atoms with Crippen molar-refractivity contribution < 1.29 is 28.2 Å². The van der Waals surface area contributed by atoms with Crippen molar-refractivity contribution in [2.24, 2.45) is 34.5 Å². The zero-order chi connectivity index (χ0) is 29.6. The number of hydrogen-bond donors (Lipinski definition) is 2. The van der Waals surface area contributed by atoms with Gasteiger partial charge in [-0.3, -0.25) is 4.79 Å². The van der Waals surface area contributed by atoms with Gasteiger partial charge in [0.15, 0.2) is 17.7 Å². The van der Waals surface area contributed by atoms with E-state index in [1.54, 1.807) is 10.7 Å². The topological polar surface area (TPSA) is 120 Å². The van der Waals surface area contributed by atoms with Crippen LogP contribution in [0.1, 0.15) is 68.2 Å². The van der Waals surface area contributed by atoms with Crippen molar-refractivity contribution in [3.05, 3.63) is 65.7 Å². The van der Waals surface area contributed by atoms with Crippen molar-refractivity contribution in [2.75, 3.05) is 0 Å². The molecule has 3 aromatic heterocycles. The smallest absolute Gasteiger partial charge is 0.361 e. The van der Waals surface area contributed by atoms with Crippen LogP contribution in [0.15, 0.2) is 47.2 Å². The molecule has 0 unspecified atom stereocenters. The van der Waals surface area contributed by atoms with Gasteiger partial charge in [-0.15, -0.1) is 12.6 Å². The van der Waals surface area contributed by atoms with E-state index in [-0.39, 0.29) is 34.8 Å². The normalized spacial score (nSPS) is 36.7. The third-order valence-corrected chi connectivity index (χ3v) is 11.4. The quantitative estimate of drug-likeness (QED) is 0.251. The Hall–Kier alpha value is -3.31. The van der Waals surface area contributed by atoms with Crippen molar-refractivity contribution in [1.29, 1.82) is 0 Å². The van der Waals surface area contributed by atoms with E-state index < -0.39 is 34.2 Å². The number of carbonyl (C=O) groups is 2. The largest absolute Gasteiger partial charge is 0.451 e. The first kappa shape index (κ1) is 27.5. The second kappa shape index (κ2) is 9.34. The molecule has 7 rings (SSSR count). The average molecular weight is 593 g/mol. The maximum absolute atomic E-state index is 13.5. The fourth-order valence-corrected chi connectivity index (χ4v) is 9.81. The van der Waals surface area contributed by atoms with Crippen molar-refractivity contribution in [1.82, 2.24) is 19.7 Å². The second-order valence-corrected chi connectivity index (χ2v) is 13.5. The average Bonchev–Trinajstić information content (AvgIpc) is 3.67. The number of halogens is 1.